The number of sulfone groups is 1. The van der Waals surface area contributed by atoms with Crippen molar-refractivity contribution < 1.29 is 13.2 Å². The molecule has 0 radical (unpaired) electrons. The van der Waals surface area contributed by atoms with Crippen molar-refractivity contribution >= 4 is 15.9 Å². The molecule has 0 aliphatic heterocycles. The number of benzene rings is 2. The van der Waals surface area contributed by atoms with Crippen molar-refractivity contribution in [2.75, 3.05) is 13.7 Å². The third-order valence-electron chi connectivity index (χ3n) is 3.33. The quantitative estimate of drug-likeness (QED) is 0.753. The molecule has 0 spiro atoms. The molecule has 0 fully saturated rings. The molecule has 2 rings (SSSR count). The van der Waals surface area contributed by atoms with Crippen LogP contribution in [0.3, 0.4) is 0 Å². The Morgan fingerprint density at radius 1 is 1.04 bits per heavy atom. The van der Waals surface area contributed by atoms with Crippen LogP contribution in [0.4, 0.5) is 0 Å². The van der Waals surface area contributed by atoms with Crippen LogP contribution < -0.4 is 0 Å². The summed E-state index contributed by atoms with van der Waals surface area (Å²) < 4.78 is 30.6. The van der Waals surface area contributed by atoms with Gasteiger partial charge in [-0.3, -0.25) is 0 Å². The summed E-state index contributed by atoms with van der Waals surface area (Å²) in [5.41, 5.74) is 1.96. The van der Waals surface area contributed by atoms with Crippen LogP contribution in [0.2, 0.25) is 0 Å². The number of methoxy groups -OCH3 is 1. The Labute approximate surface area is 137 Å². The van der Waals surface area contributed by atoms with E-state index in [1.54, 1.807) is 42.5 Å². The van der Waals surface area contributed by atoms with Crippen molar-refractivity contribution in [1.82, 2.24) is 0 Å². The summed E-state index contributed by atoms with van der Waals surface area (Å²) in [4.78, 5) is 0.509. The smallest absolute Gasteiger partial charge is 0.206 e. The van der Waals surface area contributed by atoms with Gasteiger partial charge in [-0.05, 0) is 36.8 Å². The Kier molecular flexibility index (Phi) is 5.90. The van der Waals surface area contributed by atoms with Crippen molar-refractivity contribution in [1.29, 1.82) is 0 Å². The fourth-order valence-electron chi connectivity index (χ4n) is 2.03. The molecule has 2 aromatic rings. The van der Waals surface area contributed by atoms with Gasteiger partial charge in [-0.1, -0.05) is 54.1 Å². The Hall–Kier alpha value is -2.17. The van der Waals surface area contributed by atoms with E-state index < -0.39 is 9.84 Å². The van der Waals surface area contributed by atoms with Crippen LogP contribution in [0, 0.1) is 6.92 Å². The lowest BCUT2D eigenvalue weighted by molar-refractivity contribution is 0.233. The van der Waals surface area contributed by atoms with Crippen LogP contribution in [0.1, 0.15) is 11.1 Å². The first-order chi connectivity index (χ1) is 11.0. The predicted octanol–water partition coefficient (Wildman–Crippen LogP) is 4.01. The van der Waals surface area contributed by atoms with Gasteiger partial charge in [0.2, 0.25) is 9.84 Å². The summed E-state index contributed by atoms with van der Waals surface area (Å²) in [5.74, 6) is 0. The van der Waals surface area contributed by atoms with Gasteiger partial charge in [0.05, 0.1) is 16.4 Å². The largest absolute Gasteiger partial charge is 0.381 e. The predicted molar refractivity (Wildman–Crippen MR) is 93.8 cm³/mol. The van der Waals surface area contributed by atoms with E-state index >= 15 is 0 Å². The monoisotopic (exact) mass is 328 g/mol. The van der Waals surface area contributed by atoms with Gasteiger partial charge in [0.1, 0.15) is 0 Å². The van der Waals surface area contributed by atoms with E-state index in [0.717, 1.165) is 11.1 Å². The van der Waals surface area contributed by atoms with Gasteiger partial charge in [-0.2, -0.15) is 0 Å². The van der Waals surface area contributed by atoms with Crippen molar-refractivity contribution in [3.63, 3.8) is 0 Å². The number of rotatable bonds is 6. The van der Waals surface area contributed by atoms with Crippen molar-refractivity contribution in [3.8, 4) is 0 Å². The highest BCUT2D eigenvalue weighted by Crippen LogP contribution is 2.21. The lowest BCUT2D eigenvalue weighted by Crippen LogP contribution is -2.04. The third kappa shape index (κ3) is 4.65. The van der Waals surface area contributed by atoms with Gasteiger partial charge in [-0.25, -0.2) is 8.42 Å². The van der Waals surface area contributed by atoms with E-state index in [1.165, 1.54) is 7.11 Å². The molecule has 0 saturated heterocycles. The fraction of sp³-hybridized carbons (Fsp3) is 0.158. The average molecular weight is 328 g/mol. The zero-order valence-corrected chi connectivity index (χ0v) is 14.1. The second kappa shape index (κ2) is 7.90. The summed E-state index contributed by atoms with van der Waals surface area (Å²) >= 11 is 0. The number of aryl methyl sites for hydroxylation is 1. The summed E-state index contributed by atoms with van der Waals surface area (Å²) in [6.07, 6.45) is 4.98. The first-order valence-corrected chi connectivity index (χ1v) is 8.76. The molecule has 0 aliphatic carbocycles. The third-order valence-corrected chi connectivity index (χ3v) is 5.15. The van der Waals surface area contributed by atoms with Gasteiger partial charge in [0, 0.05) is 7.11 Å². The van der Waals surface area contributed by atoms with E-state index in [0.29, 0.717) is 0 Å². The number of hydrogen-bond acceptors (Lipinski definition) is 3. The van der Waals surface area contributed by atoms with Gasteiger partial charge < -0.3 is 4.74 Å². The first kappa shape index (κ1) is 17.2. The minimum atomic E-state index is -3.57. The lowest BCUT2D eigenvalue weighted by Gasteiger charge is -2.06. The molecule has 4 heteroatoms. The number of allylic oxidation sites excluding steroid dienone is 1. The van der Waals surface area contributed by atoms with E-state index in [4.69, 9.17) is 4.74 Å². The average Bonchev–Trinajstić information content (AvgIpc) is 2.56. The molecule has 0 heterocycles. The van der Waals surface area contributed by atoms with Gasteiger partial charge in [0.25, 0.3) is 0 Å². The van der Waals surface area contributed by atoms with Crippen molar-refractivity contribution in [3.05, 3.63) is 82.8 Å². The maximum atomic E-state index is 12.8. The highest BCUT2D eigenvalue weighted by molar-refractivity contribution is 7.95. The summed E-state index contributed by atoms with van der Waals surface area (Å²) in [7, 11) is -2.03. The molecule has 0 unspecified atom stereocenters. The molecule has 2 aromatic carbocycles. The molecule has 0 N–H and O–H groups in total. The Morgan fingerprint density at radius 3 is 2.30 bits per heavy atom. The van der Waals surface area contributed by atoms with E-state index in [2.05, 4.69) is 0 Å². The Morgan fingerprint density at radius 2 is 1.70 bits per heavy atom. The molecule has 0 aliphatic rings. The molecule has 23 heavy (non-hydrogen) atoms. The van der Waals surface area contributed by atoms with Crippen LogP contribution in [-0.4, -0.2) is 22.1 Å². The van der Waals surface area contributed by atoms with Crippen LogP contribution in [0.15, 0.2) is 76.5 Å². The standard InChI is InChI=1S/C19H20O3S/c1-16-8-11-18(12-9-16)23(20,21)19(14-15-22-2)13-10-17-6-4-3-5-7-17/h3-14H,15H2,1-2H3/b13-10+,19-14-. The molecule has 0 amide bonds. The van der Waals surface area contributed by atoms with Gasteiger partial charge in [-0.15, -0.1) is 0 Å². The zero-order chi connectivity index (χ0) is 16.7. The van der Waals surface area contributed by atoms with Crippen molar-refractivity contribution in [2.24, 2.45) is 0 Å². The Bertz CT molecular complexity index is 786. The van der Waals surface area contributed by atoms with Crippen LogP contribution in [-0.2, 0) is 14.6 Å². The summed E-state index contributed by atoms with van der Waals surface area (Å²) in [6.45, 7) is 2.16. The maximum absolute atomic E-state index is 12.8. The molecule has 120 valence electrons. The Balaban J connectivity index is 2.38. The molecule has 0 saturated carbocycles. The van der Waals surface area contributed by atoms with E-state index in [1.807, 2.05) is 37.3 Å². The van der Waals surface area contributed by atoms with Gasteiger partial charge >= 0.3 is 0 Å². The topological polar surface area (TPSA) is 43.4 Å². The minimum absolute atomic E-state index is 0.229. The molecular weight excluding hydrogens is 308 g/mol. The maximum Gasteiger partial charge on any atom is 0.206 e. The van der Waals surface area contributed by atoms with Crippen LogP contribution >= 0.6 is 0 Å². The first-order valence-electron chi connectivity index (χ1n) is 7.28. The normalized spacial score (nSPS) is 12.7. The van der Waals surface area contributed by atoms with Crippen LogP contribution in [0.5, 0.6) is 0 Å². The molecule has 0 atom stereocenters. The second-order valence-corrected chi connectivity index (χ2v) is 7.07. The SMILES string of the molecule is COC/C=C(/C=C/c1ccccc1)S(=O)(=O)c1ccc(C)cc1. The molecule has 3 nitrogen and oxygen atoms in total. The minimum Gasteiger partial charge on any atom is -0.381 e. The molecular formula is C19H20O3S. The fourth-order valence-corrected chi connectivity index (χ4v) is 3.33. The van der Waals surface area contributed by atoms with Gasteiger partial charge in [0.15, 0.2) is 0 Å². The van der Waals surface area contributed by atoms with Crippen molar-refractivity contribution in [2.45, 2.75) is 11.8 Å². The second-order valence-electron chi connectivity index (χ2n) is 5.12. The lowest BCUT2D eigenvalue weighted by atomic mass is 10.2. The summed E-state index contributed by atoms with van der Waals surface area (Å²) in [6, 6.07) is 16.4. The number of hydrogen-bond donors (Lipinski definition) is 0. The van der Waals surface area contributed by atoms with Crippen LogP contribution in [0.25, 0.3) is 6.08 Å². The summed E-state index contributed by atoms with van der Waals surface area (Å²) in [5, 5.41) is 0. The molecule has 0 bridgehead atoms. The highest BCUT2D eigenvalue weighted by atomic mass is 32.2. The number of ether oxygens (including phenoxy) is 1. The highest BCUT2D eigenvalue weighted by Gasteiger charge is 2.18. The zero-order valence-electron chi connectivity index (χ0n) is 13.3. The van der Waals surface area contributed by atoms with E-state index in [9.17, 15) is 8.42 Å². The molecule has 0 aromatic heterocycles. The van der Waals surface area contributed by atoms with E-state index in [-0.39, 0.29) is 16.4 Å².